The first-order chi connectivity index (χ1) is 17.3. The minimum atomic E-state index is -0.528. The topological polar surface area (TPSA) is 59.1 Å². The summed E-state index contributed by atoms with van der Waals surface area (Å²) >= 11 is 12.2. The van der Waals surface area contributed by atoms with E-state index in [1.54, 1.807) is 60.7 Å². The lowest BCUT2D eigenvalue weighted by Crippen LogP contribution is -2.56. The highest BCUT2D eigenvalue weighted by Gasteiger charge is 2.41. The minimum Gasteiger partial charge on any atom is -0.490 e. The quantitative estimate of drug-likeness (QED) is 0.209. The van der Waals surface area contributed by atoms with Gasteiger partial charge in [0.05, 0.1) is 29.1 Å². The van der Waals surface area contributed by atoms with Gasteiger partial charge in [0.25, 0.3) is 11.8 Å². The predicted octanol–water partition coefficient (Wildman–Crippen LogP) is 6.27. The minimum absolute atomic E-state index is 0.0626. The Hall–Kier alpha value is -3.68. The van der Waals surface area contributed by atoms with Crippen molar-refractivity contribution >= 4 is 58.2 Å². The molecule has 4 rings (SSSR count). The number of hydrogen-bond donors (Lipinski definition) is 0. The van der Waals surface area contributed by atoms with Crippen LogP contribution in [0.2, 0.25) is 5.02 Å². The van der Waals surface area contributed by atoms with Gasteiger partial charge in [0.1, 0.15) is 5.57 Å². The Bertz CT molecular complexity index is 1260. The molecule has 1 saturated heterocycles. The van der Waals surface area contributed by atoms with Gasteiger partial charge >= 0.3 is 0 Å². The number of thiocarbonyl (C=S) groups is 1. The van der Waals surface area contributed by atoms with Gasteiger partial charge in [-0.3, -0.25) is 19.4 Å². The molecule has 0 aliphatic carbocycles. The van der Waals surface area contributed by atoms with Crippen LogP contribution in [0, 0.1) is 0 Å². The highest BCUT2D eigenvalue weighted by molar-refractivity contribution is 7.81. The highest BCUT2D eigenvalue weighted by Crippen LogP contribution is 2.38. The Morgan fingerprint density at radius 2 is 1.44 bits per heavy atom. The van der Waals surface area contributed by atoms with Gasteiger partial charge in [-0.2, -0.15) is 0 Å². The fourth-order valence-corrected chi connectivity index (χ4v) is 4.43. The third-order valence-corrected chi connectivity index (χ3v) is 5.92. The summed E-state index contributed by atoms with van der Waals surface area (Å²) in [5.41, 5.74) is 1.57. The maximum absolute atomic E-state index is 13.7. The van der Waals surface area contributed by atoms with E-state index in [4.69, 9.17) is 33.3 Å². The fourth-order valence-electron chi connectivity index (χ4n) is 3.79. The summed E-state index contributed by atoms with van der Waals surface area (Å²) in [5.74, 6) is -0.216. The molecule has 0 N–H and O–H groups in total. The SMILES string of the molecule is CCOc1cc(C=C2C(=O)N(c3ccccc3)C(=S)N(c3ccccc3)C2=O)cc(Cl)c1OC(C)C. The first-order valence-electron chi connectivity index (χ1n) is 11.5. The molecule has 1 heterocycles. The summed E-state index contributed by atoms with van der Waals surface area (Å²) in [6, 6.07) is 21.3. The maximum Gasteiger partial charge on any atom is 0.270 e. The van der Waals surface area contributed by atoms with E-state index in [1.165, 1.54) is 15.9 Å². The van der Waals surface area contributed by atoms with Crippen LogP contribution >= 0.6 is 23.8 Å². The van der Waals surface area contributed by atoms with E-state index >= 15 is 0 Å². The molecular weight excluding hydrogens is 496 g/mol. The van der Waals surface area contributed by atoms with Crippen LogP contribution in [0.25, 0.3) is 6.08 Å². The van der Waals surface area contributed by atoms with Gasteiger partial charge in [0, 0.05) is 0 Å². The molecule has 8 heteroatoms. The zero-order valence-electron chi connectivity index (χ0n) is 20.1. The summed E-state index contributed by atoms with van der Waals surface area (Å²) < 4.78 is 11.6. The Morgan fingerprint density at radius 3 is 1.92 bits per heavy atom. The van der Waals surface area contributed by atoms with Crippen molar-refractivity contribution < 1.29 is 19.1 Å². The molecule has 6 nitrogen and oxygen atoms in total. The lowest BCUT2D eigenvalue weighted by molar-refractivity contribution is -0.120. The summed E-state index contributed by atoms with van der Waals surface area (Å²) in [4.78, 5) is 30.1. The number of nitrogens with zero attached hydrogens (tertiary/aromatic N) is 2. The molecule has 0 radical (unpaired) electrons. The van der Waals surface area contributed by atoms with Crippen LogP contribution in [0.5, 0.6) is 11.5 Å². The molecule has 2 amide bonds. The number of carbonyl (C=O) groups excluding carboxylic acids is 2. The molecular formula is C28H25ClN2O4S. The van der Waals surface area contributed by atoms with E-state index in [0.29, 0.717) is 40.1 Å². The van der Waals surface area contributed by atoms with Crippen molar-refractivity contribution in [3.8, 4) is 11.5 Å². The number of amides is 2. The average molecular weight is 521 g/mol. The number of ether oxygens (including phenoxy) is 2. The molecule has 0 spiro atoms. The van der Waals surface area contributed by atoms with Crippen LogP contribution < -0.4 is 19.3 Å². The molecule has 0 atom stereocenters. The summed E-state index contributed by atoms with van der Waals surface area (Å²) in [7, 11) is 0. The van der Waals surface area contributed by atoms with Crippen molar-refractivity contribution in [3.05, 3.63) is 89.0 Å². The van der Waals surface area contributed by atoms with Crippen molar-refractivity contribution in [1.82, 2.24) is 0 Å². The van der Waals surface area contributed by atoms with Gasteiger partial charge < -0.3 is 9.47 Å². The number of para-hydroxylation sites is 2. The highest BCUT2D eigenvalue weighted by atomic mass is 35.5. The number of carbonyl (C=O) groups is 2. The third-order valence-electron chi connectivity index (χ3n) is 5.27. The van der Waals surface area contributed by atoms with Crippen LogP contribution in [-0.2, 0) is 9.59 Å². The van der Waals surface area contributed by atoms with E-state index in [1.807, 2.05) is 32.9 Å². The second kappa shape index (κ2) is 10.9. The van der Waals surface area contributed by atoms with E-state index in [9.17, 15) is 9.59 Å². The van der Waals surface area contributed by atoms with Crippen LogP contribution in [0.3, 0.4) is 0 Å². The number of benzene rings is 3. The standard InChI is InChI=1S/C28H25ClN2O4S/c1-4-34-24-17-19(16-23(29)25(24)35-18(2)3)15-22-26(32)30(20-11-7-5-8-12-20)28(36)31(27(22)33)21-13-9-6-10-14-21/h5-18H,4H2,1-3H3. The zero-order chi connectivity index (χ0) is 25.8. The lowest BCUT2D eigenvalue weighted by Gasteiger charge is -2.36. The normalized spacial score (nSPS) is 13.9. The van der Waals surface area contributed by atoms with Gasteiger partial charge in [0.2, 0.25) is 0 Å². The molecule has 184 valence electrons. The van der Waals surface area contributed by atoms with E-state index in [2.05, 4.69) is 0 Å². The summed E-state index contributed by atoms with van der Waals surface area (Å²) in [6.45, 7) is 6.02. The van der Waals surface area contributed by atoms with Crippen molar-refractivity contribution in [1.29, 1.82) is 0 Å². The predicted molar refractivity (Wildman–Crippen MR) is 147 cm³/mol. The molecule has 36 heavy (non-hydrogen) atoms. The first kappa shape index (κ1) is 25.4. The van der Waals surface area contributed by atoms with Gasteiger partial charge in [-0.1, -0.05) is 48.0 Å². The molecule has 1 aliphatic rings. The Morgan fingerprint density at radius 1 is 0.917 bits per heavy atom. The second-order valence-electron chi connectivity index (χ2n) is 8.22. The molecule has 1 aliphatic heterocycles. The smallest absolute Gasteiger partial charge is 0.270 e. The molecule has 1 fully saturated rings. The summed E-state index contributed by atoms with van der Waals surface area (Å²) in [5, 5.41) is 0.390. The van der Waals surface area contributed by atoms with Crippen molar-refractivity contribution in [2.45, 2.75) is 26.9 Å². The molecule has 3 aromatic rings. The van der Waals surface area contributed by atoms with E-state index < -0.39 is 11.8 Å². The third kappa shape index (κ3) is 5.12. The van der Waals surface area contributed by atoms with Gasteiger partial charge in [-0.05, 0) is 81.0 Å². The fraction of sp³-hybridized carbons (Fsp3) is 0.179. The van der Waals surface area contributed by atoms with Crippen LogP contribution in [0.4, 0.5) is 11.4 Å². The number of halogens is 1. The number of rotatable bonds is 7. The first-order valence-corrected chi connectivity index (χ1v) is 12.3. The molecule has 0 bridgehead atoms. The number of hydrogen-bond acceptors (Lipinski definition) is 5. The van der Waals surface area contributed by atoms with Crippen molar-refractivity contribution in [2.24, 2.45) is 0 Å². The van der Waals surface area contributed by atoms with Gasteiger partial charge in [-0.25, -0.2) is 0 Å². The summed E-state index contributed by atoms with van der Waals surface area (Å²) in [6.07, 6.45) is 1.39. The number of anilines is 2. The molecule has 0 saturated carbocycles. The molecule has 3 aromatic carbocycles. The Kier molecular flexibility index (Phi) is 7.72. The van der Waals surface area contributed by atoms with Gasteiger partial charge in [0.15, 0.2) is 16.6 Å². The molecule has 0 unspecified atom stereocenters. The average Bonchev–Trinajstić information content (AvgIpc) is 2.85. The van der Waals surface area contributed by atoms with E-state index in [0.717, 1.165) is 0 Å². The van der Waals surface area contributed by atoms with Gasteiger partial charge in [-0.15, -0.1) is 0 Å². The largest absolute Gasteiger partial charge is 0.490 e. The Balaban J connectivity index is 1.85. The van der Waals surface area contributed by atoms with Crippen LogP contribution in [0.1, 0.15) is 26.3 Å². The molecule has 0 aromatic heterocycles. The zero-order valence-corrected chi connectivity index (χ0v) is 21.7. The maximum atomic E-state index is 13.7. The monoisotopic (exact) mass is 520 g/mol. The second-order valence-corrected chi connectivity index (χ2v) is 8.99. The van der Waals surface area contributed by atoms with E-state index in [-0.39, 0.29) is 16.8 Å². The van der Waals surface area contributed by atoms with Crippen molar-refractivity contribution in [2.75, 3.05) is 16.4 Å². The van der Waals surface area contributed by atoms with Crippen LogP contribution in [-0.4, -0.2) is 29.6 Å². The van der Waals surface area contributed by atoms with Crippen LogP contribution in [0.15, 0.2) is 78.4 Å². The Labute approximate surface area is 220 Å². The lowest BCUT2D eigenvalue weighted by atomic mass is 10.0. The van der Waals surface area contributed by atoms with Crippen molar-refractivity contribution in [3.63, 3.8) is 0 Å².